The van der Waals surface area contributed by atoms with Gasteiger partial charge in [-0.2, -0.15) is 13.2 Å². The summed E-state index contributed by atoms with van der Waals surface area (Å²) < 4.78 is 38.0. The lowest BCUT2D eigenvalue weighted by Crippen LogP contribution is -2.08. The van der Waals surface area contributed by atoms with Gasteiger partial charge < -0.3 is 16.2 Å². The molecule has 2 aromatic heterocycles. The molecule has 0 aliphatic carbocycles. The highest BCUT2D eigenvalue weighted by atomic mass is 19.4. The number of nitrogens with two attached hydrogens (primary N) is 1. The van der Waals surface area contributed by atoms with Crippen molar-refractivity contribution < 1.29 is 18.3 Å². The van der Waals surface area contributed by atoms with Gasteiger partial charge in [-0.25, -0.2) is 9.97 Å². The number of halogens is 3. The van der Waals surface area contributed by atoms with Gasteiger partial charge in [0.25, 0.3) is 0 Å². The Morgan fingerprint density at radius 1 is 1.10 bits per heavy atom. The normalized spacial score (nSPS) is 12.4. The predicted molar refractivity (Wildman–Crippen MR) is 115 cm³/mol. The van der Waals surface area contributed by atoms with Gasteiger partial charge >= 0.3 is 6.18 Å². The highest BCUT2D eigenvalue weighted by molar-refractivity contribution is 5.75. The summed E-state index contributed by atoms with van der Waals surface area (Å²) in [5.41, 5.74) is 8.32. The van der Waals surface area contributed by atoms with Gasteiger partial charge in [-0.1, -0.05) is 24.8 Å². The fourth-order valence-electron chi connectivity index (χ4n) is 3.27. The number of alkyl halides is 3. The first kappa shape index (κ1) is 22.3. The Labute approximate surface area is 178 Å². The van der Waals surface area contributed by atoms with Crippen LogP contribution in [0.3, 0.4) is 0 Å². The Hall–Kier alpha value is -3.39. The number of benzene rings is 1. The predicted octanol–water partition coefficient (Wildman–Crippen LogP) is 4.87. The number of nitrogens with one attached hydrogen (secondary N) is 1. The van der Waals surface area contributed by atoms with Crippen molar-refractivity contribution in [3.63, 3.8) is 0 Å². The Balaban J connectivity index is 1.69. The van der Waals surface area contributed by atoms with E-state index in [1.165, 1.54) is 12.1 Å². The molecule has 0 saturated heterocycles. The van der Waals surface area contributed by atoms with E-state index in [-0.39, 0.29) is 12.5 Å². The fourth-order valence-corrected chi connectivity index (χ4v) is 3.27. The number of aromatic nitrogens is 2. The van der Waals surface area contributed by atoms with E-state index in [1.807, 2.05) is 12.1 Å². The van der Waals surface area contributed by atoms with Crippen molar-refractivity contribution in [3.05, 3.63) is 89.8 Å². The molecular formula is C23H23F3N4O. The largest absolute Gasteiger partial charge is 0.416 e. The maximum Gasteiger partial charge on any atom is 0.416 e. The van der Waals surface area contributed by atoms with Gasteiger partial charge in [0.2, 0.25) is 0 Å². The van der Waals surface area contributed by atoms with E-state index in [1.54, 1.807) is 24.5 Å². The number of allylic oxidation sites excluding steroid dienone is 1. The van der Waals surface area contributed by atoms with E-state index in [2.05, 4.69) is 21.9 Å². The quantitative estimate of drug-likeness (QED) is 0.477. The molecule has 0 aliphatic heterocycles. The molecule has 2 heterocycles. The number of rotatable bonds is 8. The lowest BCUT2D eigenvalue weighted by Gasteiger charge is -2.20. The molecule has 3 rings (SSSR count). The van der Waals surface area contributed by atoms with E-state index < -0.39 is 11.7 Å². The first-order chi connectivity index (χ1) is 14.8. The summed E-state index contributed by atoms with van der Waals surface area (Å²) in [6.07, 6.45) is -0.606. The Morgan fingerprint density at radius 3 is 2.42 bits per heavy atom. The summed E-state index contributed by atoms with van der Waals surface area (Å²) in [5, 5.41) is 12.6. The van der Waals surface area contributed by atoms with Crippen molar-refractivity contribution in [2.45, 2.75) is 25.1 Å². The molecule has 0 amide bonds. The summed E-state index contributed by atoms with van der Waals surface area (Å²) in [6.45, 7) is 4.46. The van der Waals surface area contributed by atoms with Crippen LogP contribution in [0, 0.1) is 0 Å². The molecule has 31 heavy (non-hydrogen) atoms. The summed E-state index contributed by atoms with van der Waals surface area (Å²) in [4.78, 5) is 8.48. The number of hydrogen-bond donors (Lipinski definition) is 3. The van der Waals surface area contributed by atoms with Gasteiger partial charge in [-0.05, 0) is 53.5 Å². The Morgan fingerprint density at radius 2 is 1.84 bits per heavy atom. The molecule has 0 spiro atoms. The number of nitrogens with zero attached hydrogens (tertiary/aromatic N) is 2. The van der Waals surface area contributed by atoms with Crippen LogP contribution in [-0.4, -0.2) is 21.7 Å². The van der Waals surface area contributed by atoms with Crippen molar-refractivity contribution in [2.24, 2.45) is 0 Å². The molecule has 8 heteroatoms. The first-order valence-electron chi connectivity index (χ1n) is 9.66. The zero-order valence-electron chi connectivity index (χ0n) is 16.7. The molecule has 1 atom stereocenters. The molecule has 5 nitrogen and oxygen atoms in total. The van der Waals surface area contributed by atoms with Crippen molar-refractivity contribution in [2.75, 3.05) is 17.7 Å². The van der Waals surface area contributed by atoms with E-state index in [4.69, 9.17) is 5.73 Å². The second kappa shape index (κ2) is 9.61. The highest BCUT2D eigenvalue weighted by Gasteiger charge is 2.29. The van der Waals surface area contributed by atoms with E-state index in [9.17, 15) is 18.3 Å². The number of anilines is 2. The second-order valence-electron chi connectivity index (χ2n) is 7.05. The van der Waals surface area contributed by atoms with Gasteiger partial charge in [0, 0.05) is 37.0 Å². The first-order valence-corrected chi connectivity index (χ1v) is 9.66. The van der Waals surface area contributed by atoms with Crippen LogP contribution in [0.5, 0.6) is 0 Å². The van der Waals surface area contributed by atoms with Crippen LogP contribution in [-0.2, 0) is 12.7 Å². The molecule has 3 aromatic rings. The Bertz CT molecular complexity index is 1020. The summed E-state index contributed by atoms with van der Waals surface area (Å²) in [7, 11) is 0. The fraction of sp³-hybridized carbons (Fsp3) is 0.217. The van der Waals surface area contributed by atoms with Crippen molar-refractivity contribution in [3.8, 4) is 0 Å². The van der Waals surface area contributed by atoms with Crippen LogP contribution in [0.4, 0.5) is 24.8 Å². The van der Waals surface area contributed by atoms with Gasteiger partial charge in [0.15, 0.2) is 0 Å². The van der Waals surface area contributed by atoms with E-state index in [0.29, 0.717) is 30.2 Å². The third kappa shape index (κ3) is 5.61. The van der Waals surface area contributed by atoms with Crippen molar-refractivity contribution in [1.82, 2.24) is 9.97 Å². The molecule has 0 radical (unpaired) electrons. The molecule has 1 unspecified atom stereocenters. The molecule has 4 N–H and O–H groups in total. The minimum atomic E-state index is -4.35. The van der Waals surface area contributed by atoms with Gasteiger partial charge in [0.05, 0.1) is 5.56 Å². The lowest BCUT2D eigenvalue weighted by molar-refractivity contribution is -0.137. The molecule has 0 fully saturated rings. The summed E-state index contributed by atoms with van der Waals surface area (Å²) in [5.74, 6) is 0.768. The van der Waals surface area contributed by atoms with Gasteiger partial charge in [0.1, 0.15) is 11.6 Å². The topological polar surface area (TPSA) is 84.1 Å². The third-order valence-electron chi connectivity index (χ3n) is 4.97. The van der Waals surface area contributed by atoms with E-state index >= 15 is 0 Å². The Kier molecular flexibility index (Phi) is 6.91. The third-order valence-corrected chi connectivity index (χ3v) is 4.97. The summed E-state index contributed by atoms with van der Waals surface area (Å²) in [6, 6.07) is 12.3. The SMILES string of the molecule is C=C(c1cccnc1N)C(CCO)c1ccc(NCc2ccc(C(F)(F)F)cc2)nc1. The number of pyridine rings is 2. The smallest absolute Gasteiger partial charge is 0.396 e. The van der Waals surface area contributed by atoms with Crippen molar-refractivity contribution >= 4 is 17.2 Å². The van der Waals surface area contributed by atoms with Gasteiger partial charge in [-0.15, -0.1) is 0 Å². The number of aliphatic hydroxyl groups excluding tert-OH is 1. The lowest BCUT2D eigenvalue weighted by atomic mass is 9.86. The molecule has 0 aliphatic rings. The number of aliphatic hydroxyl groups is 1. The number of hydrogen-bond acceptors (Lipinski definition) is 5. The highest BCUT2D eigenvalue weighted by Crippen LogP contribution is 2.35. The average Bonchev–Trinajstić information content (AvgIpc) is 2.76. The second-order valence-corrected chi connectivity index (χ2v) is 7.05. The van der Waals surface area contributed by atoms with Crippen LogP contribution in [0.15, 0.2) is 67.5 Å². The standard InChI is InChI=1S/C23H23F3N4O/c1-15(20-3-2-11-28-22(20)27)19(10-12-31)17-6-9-21(30-14-17)29-13-16-4-7-18(8-5-16)23(24,25)26/h2-9,11,14,19,31H,1,10,12-13H2,(H2,27,28)(H,29,30). The summed E-state index contributed by atoms with van der Waals surface area (Å²) >= 11 is 0. The zero-order valence-corrected chi connectivity index (χ0v) is 16.7. The molecule has 0 bridgehead atoms. The minimum Gasteiger partial charge on any atom is -0.396 e. The van der Waals surface area contributed by atoms with Gasteiger partial charge in [-0.3, -0.25) is 0 Å². The minimum absolute atomic E-state index is 0.0300. The van der Waals surface area contributed by atoms with Crippen molar-refractivity contribution in [1.29, 1.82) is 0 Å². The molecule has 162 valence electrons. The molecule has 0 saturated carbocycles. The number of nitrogen functional groups attached to an aromatic ring is 1. The van der Waals surface area contributed by atoms with Crippen LogP contribution in [0.25, 0.3) is 5.57 Å². The van der Waals surface area contributed by atoms with E-state index in [0.717, 1.165) is 28.8 Å². The van der Waals surface area contributed by atoms with Crippen LogP contribution in [0.1, 0.15) is 34.6 Å². The maximum atomic E-state index is 12.7. The van der Waals surface area contributed by atoms with Crippen LogP contribution >= 0.6 is 0 Å². The average molecular weight is 428 g/mol. The van der Waals surface area contributed by atoms with Crippen LogP contribution in [0.2, 0.25) is 0 Å². The maximum absolute atomic E-state index is 12.7. The molecule has 1 aromatic carbocycles. The zero-order chi connectivity index (χ0) is 22.4. The molecular weight excluding hydrogens is 405 g/mol. The monoisotopic (exact) mass is 428 g/mol. The van der Waals surface area contributed by atoms with Crippen LogP contribution < -0.4 is 11.1 Å².